The van der Waals surface area contributed by atoms with Crippen LogP contribution in [0.4, 0.5) is 0 Å². The van der Waals surface area contributed by atoms with Gasteiger partial charge in [-0.05, 0) is 6.92 Å². The van der Waals surface area contributed by atoms with E-state index < -0.39 is 0 Å². The Morgan fingerprint density at radius 3 is 2.25 bits per heavy atom. The van der Waals surface area contributed by atoms with Crippen molar-refractivity contribution in [1.82, 2.24) is 0 Å². The van der Waals surface area contributed by atoms with Crippen molar-refractivity contribution in [3.63, 3.8) is 0 Å². The highest BCUT2D eigenvalue weighted by Gasteiger charge is 2.23. The van der Waals surface area contributed by atoms with Crippen LogP contribution in [0.1, 0.15) is 13.8 Å². The van der Waals surface area contributed by atoms with Crippen molar-refractivity contribution >= 4 is 5.97 Å². The molecule has 2 rings (SSSR count). The van der Waals surface area contributed by atoms with Crippen LogP contribution in [-0.2, 0) is 19.0 Å². The van der Waals surface area contributed by atoms with Crippen LogP contribution >= 0.6 is 0 Å². The second kappa shape index (κ2) is 4.42. The van der Waals surface area contributed by atoms with E-state index in [1.54, 1.807) is 0 Å². The molecule has 4 nitrogen and oxygen atoms in total. The Labute approximate surface area is 71.8 Å². The van der Waals surface area contributed by atoms with Crippen LogP contribution in [0.2, 0.25) is 0 Å². The number of carbonyl (C=O) groups is 1. The van der Waals surface area contributed by atoms with Gasteiger partial charge >= 0.3 is 5.97 Å². The third-order valence-electron chi connectivity index (χ3n) is 1.37. The van der Waals surface area contributed by atoms with Gasteiger partial charge in [0.15, 0.2) is 0 Å². The van der Waals surface area contributed by atoms with E-state index in [0.717, 1.165) is 13.2 Å². The lowest BCUT2D eigenvalue weighted by Gasteiger charge is -1.93. The van der Waals surface area contributed by atoms with Crippen LogP contribution in [0, 0.1) is 0 Å². The molecule has 2 unspecified atom stereocenters. The van der Waals surface area contributed by atoms with Crippen molar-refractivity contribution < 1.29 is 19.0 Å². The molecule has 0 amide bonds. The van der Waals surface area contributed by atoms with Crippen molar-refractivity contribution in [1.29, 1.82) is 0 Å². The fraction of sp³-hybridized carbons (Fsp3) is 0.875. The monoisotopic (exact) mass is 174 g/mol. The largest absolute Gasteiger partial charge is 0.463 e. The molecule has 4 heteroatoms. The molecule has 0 aromatic carbocycles. The van der Waals surface area contributed by atoms with Crippen molar-refractivity contribution in [2.24, 2.45) is 0 Å². The van der Waals surface area contributed by atoms with E-state index in [0.29, 0.717) is 12.7 Å². The molecule has 70 valence electrons. The average Bonchev–Trinajstić information content (AvgIpc) is 2.79. The zero-order valence-electron chi connectivity index (χ0n) is 7.41. The number of ether oxygens (including phenoxy) is 3. The van der Waals surface area contributed by atoms with Crippen LogP contribution in [0.3, 0.4) is 0 Å². The second-order valence-corrected chi connectivity index (χ2v) is 2.90. The Balaban J connectivity index is 0.000000150. The highest BCUT2D eigenvalue weighted by atomic mass is 16.6. The smallest absolute Gasteiger partial charge is 0.302 e. The van der Waals surface area contributed by atoms with E-state index in [1.807, 2.05) is 0 Å². The van der Waals surface area contributed by atoms with Gasteiger partial charge in [-0.2, -0.15) is 0 Å². The third kappa shape index (κ3) is 6.12. The molecule has 0 bridgehead atoms. The number of rotatable bonds is 2. The quantitative estimate of drug-likeness (QED) is 0.448. The summed E-state index contributed by atoms with van der Waals surface area (Å²) in [4.78, 5) is 10.1. The van der Waals surface area contributed by atoms with E-state index >= 15 is 0 Å². The number of epoxide rings is 2. The fourth-order valence-corrected chi connectivity index (χ4v) is 0.471. The van der Waals surface area contributed by atoms with E-state index in [2.05, 4.69) is 11.7 Å². The summed E-state index contributed by atoms with van der Waals surface area (Å²) >= 11 is 0. The van der Waals surface area contributed by atoms with Gasteiger partial charge in [0.2, 0.25) is 0 Å². The molecule has 2 aliphatic heterocycles. The summed E-state index contributed by atoms with van der Waals surface area (Å²) < 4.78 is 14.1. The van der Waals surface area contributed by atoms with Crippen LogP contribution in [0.15, 0.2) is 0 Å². The minimum Gasteiger partial charge on any atom is -0.463 e. The number of carbonyl (C=O) groups excluding carboxylic acids is 1. The van der Waals surface area contributed by atoms with E-state index in [-0.39, 0.29) is 12.1 Å². The van der Waals surface area contributed by atoms with Gasteiger partial charge in [-0.15, -0.1) is 0 Å². The van der Waals surface area contributed by atoms with Crippen LogP contribution in [0.5, 0.6) is 0 Å². The third-order valence-corrected chi connectivity index (χ3v) is 1.37. The number of esters is 1. The molecular weight excluding hydrogens is 160 g/mol. The number of hydrogen-bond donors (Lipinski definition) is 0. The van der Waals surface area contributed by atoms with Crippen molar-refractivity contribution in [3.05, 3.63) is 0 Å². The maximum absolute atomic E-state index is 10.1. The Morgan fingerprint density at radius 1 is 1.50 bits per heavy atom. The summed E-state index contributed by atoms with van der Waals surface area (Å²) in [5, 5.41) is 0. The Morgan fingerprint density at radius 2 is 2.00 bits per heavy atom. The predicted octanol–water partition coefficient (Wildman–Crippen LogP) is 0.353. The molecule has 0 aliphatic carbocycles. The molecule has 0 aromatic rings. The summed E-state index contributed by atoms with van der Waals surface area (Å²) in [6, 6.07) is 0. The maximum atomic E-state index is 10.1. The molecular formula is C8H14O4. The molecule has 2 heterocycles. The lowest BCUT2D eigenvalue weighted by atomic mass is 10.5. The second-order valence-electron chi connectivity index (χ2n) is 2.90. The van der Waals surface area contributed by atoms with E-state index in [4.69, 9.17) is 9.47 Å². The van der Waals surface area contributed by atoms with Crippen LogP contribution in [0.25, 0.3) is 0 Å². The van der Waals surface area contributed by atoms with Gasteiger partial charge in [0, 0.05) is 6.92 Å². The van der Waals surface area contributed by atoms with Crippen LogP contribution < -0.4 is 0 Å². The number of hydrogen-bond acceptors (Lipinski definition) is 4. The zero-order chi connectivity index (χ0) is 8.97. The van der Waals surface area contributed by atoms with Crippen LogP contribution in [-0.4, -0.2) is 38.0 Å². The van der Waals surface area contributed by atoms with Gasteiger partial charge in [0.25, 0.3) is 0 Å². The standard InChI is InChI=1S/C5H8O3.C3H6O/c1-4(6)7-2-5-3-8-5;1-3-2-4-3/h5H,2-3H2,1H3;3H,2H2,1H3. The molecule has 0 saturated carbocycles. The Bertz CT molecular complexity index is 149. The normalized spacial score (nSPS) is 29.8. The lowest BCUT2D eigenvalue weighted by molar-refractivity contribution is -0.141. The van der Waals surface area contributed by atoms with Crippen molar-refractivity contribution in [2.45, 2.75) is 26.1 Å². The molecule has 0 spiro atoms. The molecule has 0 N–H and O–H groups in total. The molecule has 0 aromatic heterocycles. The zero-order valence-corrected chi connectivity index (χ0v) is 7.41. The molecule has 2 fully saturated rings. The minimum absolute atomic E-state index is 0.193. The van der Waals surface area contributed by atoms with Gasteiger partial charge < -0.3 is 14.2 Å². The van der Waals surface area contributed by atoms with Gasteiger partial charge in [-0.25, -0.2) is 0 Å². The first kappa shape index (κ1) is 9.48. The first-order chi connectivity index (χ1) is 5.68. The summed E-state index contributed by atoms with van der Waals surface area (Å²) in [6.07, 6.45) is 0.777. The molecule has 2 atom stereocenters. The van der Waals surface area contributed by atoms with Gasteiger partial charge in [0.05, 0.1) is 19.3 Å². The molecule has 2 saturated heterocycles. The van der Waals surface area contributed by atoms with Gasteiger partial charge in [-0.1, -0.05) is 0 Å². The van der Waals surface area contributed by atoms with E-state index in [1.165, 1.54) is 6.92 Å². The van der Waals surface area contributed by atoms with Crippen molar-refractivity contribution in [2.75, 3.05) is 19.8 Å². The Kier molecular flexibility index (Phi) is 3.49. The highest BCUT2D eigenvalue weighted by molar-refractivity contribution is 5.65. The topological polar surface area (TPSA) is 51.4 Å². The van der Waals surface area contributed by atoms with Gasteiger partial charge in [0.1, 0.15) is 12.7 Å². The summed E-state index contributed by atoms with van der Waals surface area (Å²) in [6.45, 7) is 5.60. The SMILES string of the molecule is CC(=O)OCC1CO1.CC1CO1. The minimum atomic E-state index is -0.236. The fourth-order valence-electron chi connectivity index (χ4n) is 0.471. The lowest BCUT2D eigenvalue weighted by Crippen LogP contribution is -2.05. The predicted molar refractivity (Wildman–Crippen MR) is 41.8 cm³/mol. The first-order valence-electron chi connectivity index (χ1n) is 4.05. The highest BCUT2D eigenvalue weighted by Crippen LogP contribution is 2.07. The first-order valence-corrected chi connectivity index (χ1v) is 4.05. The Hall–Kier alpha value is -0.610. The molecule has 0 radical (unpaired) electrons. The van der Waals surface area contributed by atoms with Crippen molar-refractivity contribution in [3.8, 4) is 0 Å². The van der Waals surface area contributed by atoms with E-state index in [9.17, 15) is 4.79 Å². The average molecular weight is 174 g/mol. The van der Waals surface area contributed by atoms with Gasteiger partial charge in [-0.3, -0.25) is 4.79 Å². The molecule has 2 aliphatic rings. The molecule has 12 heavy (non-hydrogen) atoms. The summed E-state index contributed by atoms with van der Waals surface area (Å²) in [5.41, 5.74) is 0. The summed E-state index contributed by atoms with van der Waals surface area (Å²) in [5.74, 6) is -0.236. The summed E-state index contributed by atoms with van der Waals surface area (Å²) in [7, 11) is 0. The maximum Gasteiger partial charge on any atom is 0.302 e.